The number of rotatable bonds is 6. The summed E-state index contributed by atoms with van der Waals surface area (Å²) in [5.74, 6) is -0.0817. The minimum Gasteiger partial charge on any atom is -0.350 e. The summed E-state index contributed by atoms with van der Waals surface area (Å²) in [6.07, 6.45) is 0.285. The largest absolute Gasteiger partial charge is 0.350 e. The second-order valence-corrected chi connectivity index (χ2v) is 7.01. The van der Waals surface area contributed by atoms with Gasteiger partial charge in [0, 0.05) is 35.0 Å². The van der Waals surface area contributed by atoms with E-state index in [0.29, 0.717) is 13.1 Å². The van der Waals surface area contributed by atoms with E-state index in [0.717, 1.165) is 33.3 Å². The molecule has 1 amide bonds. The molecular formula is C17H17N3O2S2. The van der Waals surface area contributed by atoms with Gasteiger partial charge in [-0.25, -0.2) is 4.98 Å². The lowest BCUT2D eigenvalue weighted by atomic mass is 10.2. The number of thiazole rings is 2. The average molecular weight is 359 g/mol. The van der Waals surface area contributed by atoms with Crippen molar-refractivity contribution in [1.82, 2.24) is 14.9 Å². The number of carbonyl (C=O) groups is 1. The molecule has 0 aliphatic carbocycles. The van der Waals surface area contributed by atoms with Crippen LogP contribution < -0.4 is 10.2 Å². The average Bonchev–Trinajstić information content (AvgIpc) is 3.19. The normalized spacial score (nSPS) is 10.7. The first-order chi connectivity index (χ1) is 11.6. The lowest BCUT2D eigenvalue weighted by Gasteiger charge is -2.05. The molecule has 124 valence electrons. The van der Waals surface area contributed by atoms with Crippen molar-refractivity contribution in [3.8, 4) is 10.6 Å². The van der Waals surface area contributed by atoms with Gasteiger partial charge in [0.2, 0.25) is 5.91 Å². The van der Waals surface area contributed by atoms with Gasteiger partial charge in [0.25, 0.3) is 0 Å². The molecule has 24 heavy (non-hydrogen) atoms. The Morgan fingerprint density at radius 1 is 1.21 bits per heavy atom. The quantitative estimate of drug-likeness (QED) is 0.736. The van der Waals surface area contributed by atoms with Crippen LogP contribution in [-0.4, -0.2) is 15.5 Å². The number of nitrogens with zero attached hydrogens (tertiary/aromatic N) is 2. The Labute approximate surface area is 147 Å². The van der Waals surface area contributed by atoms with E-state index in [1.165, 1.54) is 0 Å². The minimum atomic E-state index is -0.0817. The molecule has 0 saturated heterocycles. The highest BCUT2D eigenvalue weighted by Crippen LogP contribution is 2.23. The van der Waals surface area contributed by atoms with Gasteiger partial charge in [0.15, 0.2) is 0 Å². The number of carbonyl (C=O) groups excluding carboxylic acids is 1. The number of nitrogens with one attached hydrogen (secondary N) is 1. The Morgan fingerprint density at radius 2 is 2.00 bits per heavy atom. The van der Waals surface area contributed by atoms with Gasteiger partial charge in [-0.15, -0.1) is 11.3 Å². The lowest BCUT2D eigenvalue weighted by molar-refractivity contribution is -0.121. The smallest absolute Gasteiger partial charge is 0.307 e. The van der Waals surface area contributed by atoms with Crippen LogP contribution >= 0.6 is 22.7 Å². The van der Waals surface area contributed by atoms with Gasteiger partial charge in [0.05, 0.1) is 12.2 Å². The van der Waals surface area contributed by atoms with E-state index in [2.05, 4.69) is 10.3 Å². The second kappa shape index (κ2) is 7.55. The zero-order valence-corrected chi connectivity index (χ0v) is 14.8. The zero-order valence-electron chi connectivity index (χ0n) is 13.2. The van der Waals surface area contributed by atoms with Gasteiger partial charge in [-0.3, -0.25) is 9.59 Å². The van der Waals surface area contributed by atoms with Crippen molar-refractivity contribution >= 4 is 28.6 Å². The van der Waals surface area contributed by atoms with Gasteiger partial charge in [-0.05, 0) is 6.92 Å². The van der Waals surface area contributed by atoms with Crippen LogP contribution in [0, 0.1) is 6.92 Å². The third-order valence-electron chi connectivity index (χ3n) is 3.58. The Morgan fingerprint density at radius 3 is 2.71 bits per heavy atom. The highest BCUT2D eigenvalue weighted by Gasteiger charge is 2.08. The van der Waals surface area contributed by atoms with Gasteiger partial charge < -0.3 is 9.88 Å². The Balaban J connectivity index is 1.52. The van der Waals surface area contributed by atoms with Crippen LogP contribution in [0.25, 0.3) is 10.6 Å². The Hall–Kier alpha value is -2.25. The first kappa shape index (κ1) is 16.6. The number of aryl methyl sites for hydroxylation is 1. The predicted molar refractivity (Wildman–Crippen MR) is 97.3 cm³/mol. The zero-order chi connectivity index (χ0) is 16.9. The van der Waals surface area contributed by atoms with E-state index in [1.54, 1.807) is 21.3 Å². The molecule has 2 heterocycles. The first-order valence-electron chi connectivity index (χ1n) is 7.55. The van der Waals surface area contributed by atoms with Crippen LogP contribution in [0.4, 0.5) is 0 Å². The summed E-state index contributed by atoms with van der Waals surface area (Å²) in [5, 5.41) is 7.56. The number of hydrogen-bond acceptors (Lipinski definition) is 5. The topological polar surface area (TPSA) is 64.0 Å². The number of hydrogen-bond donors (Lipinski definition) is 1. The van der Waals surface area contributed by atoms with Crippen LogP contribution in [0.5, 0.6) is 0 Å². The van der Waals surface area contributed by atoms with Crippen molar-refractivity contribution in [2.45, 2.75) is 26.4 Å². The third kappa shape index (κ3) is 3.98. The summed E-state index contributed by atoms with van der Waals surface area (Å²) < 4.78 is 1.63. The molecule has 2 aromatic heterocycles. The van der Waals surface area contributed by atoms with Crippen molar-refractivity contribution in [2.75, 3.05) is 0 Å². The molecule has 0 bridgehead atoms. The second-order valence-electron chi connectivity index (χ2n) is 5.33. The molecule has 1 N–H and O–H groups in total. The maximum atomic E-state index is 12.0. The summed E-state index contributed by atoms with van der Waals surface area (Å²) in [6.45, 7) is 2.68. The van der Waals surface area contributed by atoms with Crippen LogP contribution in [-0.2, 0) is 17.9 Å². The van der Waals surface area contributed by atoms with E-state index in [9.17, 15) is 9.59 Å². The fraction of sp³-hybridized carbons (Fsp3) is 0.235. The monoisotopic (exact) mass is 359 g/mol. The maximum Gasteiger partial charge on any atom is 0.307 e. The molecule has 7 heteroatoms. The van der Waals surface area contributed by atoms with Crippen LogP contribution in [0.1, 0.15) is 17.8 Å². The van der Waals surface area contributed by atoms with E-state index in [4.69, 9.17) is 0 Å². The number of benzene rings is 1. The summed E-state index contributed by atoms with van der Waals surface area (Å²) in [5.41, 5.74) is 2.81. The van der Waals surface area contributed by atoms with Gasteiger partial charge in [-0.1, -0.05) is 41.7 Å². The standard InChI is InChI=1S/C17H17N3O2S2/c1-12-10-24-17(22)20(12)8-7-15(21)18-9-14-11-23-16(19-14)13-5-3-2-4-6-13/h2-6,10-11H,7-9H2,1H3,(H,18,21). The van der Waals surface area contributed by atoms with Crippen LogP contribution in [0.3, 0.4) is 0 Å². The molecule has 0 radical (unpaired) electrons. The minimum absolute atomic E-state index is 0.0210. The molecule has 0 spiro atoms. The molecule has 0 atom stereocenters. The number of amides is 1. The fourth-order valence-corrected chi connectivity index (χ4v) is 3.85. The van der Waals surface area contributed by atoms with E-state index < -0.39 is 0 Å². The molecule has 0 unspecified atom stereocenters. The van der Waals surface area contributed by atoms with Crippen molar-refractivity contribution in [3.05, 3.63) is 62.1 Å². The third-order valence-corrected chi connectivity index (χ3v) is 5.40. The summed E-state index contributed by atoms with van der Waals surface area (Å²) in [7, 11) is 0. The molecule has 5 nitrogen and oxygen atoms in total. The van der Waals surface area contributed by atoms with Crippen molar-refractivity contribution in [3.63, 3.8) is 0 Å². The van der Waals surface area contributed by atoms with Crippen molar-refractivity contribution in [1.29, 1.82) is 0 Å². The fourth-order valence-electron chi connectivity index (χ4n) is 2.27. The van der Waals surface area contributed by atoms with Gasteiger partial charge >= 0.3 is 4.87 Å². The molecule has 0 aliphatic heterocycles. The molecule has 1 aromatic carbocycles. The van der Waals surface area contributed by atoms with Crippen LogP contribution in [0.15, 0.2) is 45.9 Å². The van der Waals surface area contributed by atoms with Crippen molar-refractivity contribution < 1.29 is 4.79 Å². The molecule has 3 aromatic rings. The first-order valence-corrected chi connectivity index (χ1v) is 9.31. The molecule has 0 saturated carbocycles. The number of aromatic nitrogens is 2. The van der Waals surface area contributed by atoms with E-state index >= 15 is 0 Å². The Bertz CT molecular complexity index is 881. The van der Waals surface area contributed by atoms with Gasteiger partial charge in [-0.2, -0.15) is 0 Å². The maximum absolute atomic E-state index is 12.0. The van der Waals surface area contributed by atoms with E-state index in [1.807, 2.05) is 42.6 Å². The van der Waals surface area contributed by atoms with Crippen LogP contribution in [0.2, 0.25) is 0 Å². The highest BCUT2D eigenvalue weighted by molar-refractivity contribution is 7.13. The SMILES string of the molecule is Cc1csc(=O)n1CCC(=O)NCc1csc(-c2ccccc2)n1. The summed E-state index contributed by atoms with van der Waals surface area (Å²) in [4.78, 5) is 28.1. The van der Waals surface area contributed by atoms with Crippen molar-refractivity contribution in [2.24, 2.45) is 0 Å². The molecular weight excluding hydrogens is 342 g/mol. The lowest BCUT2D eigenvalue weighted by Crippen LogP contribution is -2.26. The Kier molecular flexibility index (Phi) is 5.22. The molecule has 3 rings (SSSR count). The van der Waals surface area contributed by atoms with Gasteiger partial charge in [0.1, 0.15) is 5.01 Å². The van der Waals surface area contributed by atoms with E-state index in [-0.39, 0.29) is 17.2 Å². The summed E-state index contributed by atoms with van der Waals surface area (Å²) >= 11 is 2.72. The predicted octanol–water partition coefficient (Wildman–Crippen LogP) is 3.05. The highest BCUT2D eigenvalue weighted by atomic mass is 32.1. The molecule has 0 fully saturated rings. The molecule has 0 aliphatic rings. The summed E-state index contributed by atoms with van der Waals surface area (Å²) in [6, 6.07) is 9.96.